The minimum Gasteiger partial charge on any atom is -0.394 e. The number of aliphatic hydroxyl groups excluding tert-OH is 1. The molecule has 0 saturated carbocycles. The van der Waals surface area contributed by atoms with Gasteiger partial charge in [-0.3, -0.25) is 0 Å². The molecule has 2 heteroatoms. The van der Waals surface area contributed by atoms with Crippen LogP contribution in [0.15, 0.2) is 0 Å². The van der Waals surface area contributed by atoms with Crippen molar-refractivity contribution >= 4 is 0 Å². The molecule has 0 spiro atoms. The van der Waals surface area contributed by atoms with E-state index in [4.69, 9.17) is 9.84 Å². The van der Waals surface area contributed by atoms with Crippen molar-refractivity contribution in [2.24, 2.45) is 0 Å². The van der Waals surface area contributed by atoms with Gasteiger partial charge in [-0.2, -0.15) is 0 Å². The van der Waals surface area contributed by atoms with Crippen LogP contribution in [-0.4, -0.2) is 24.4 Å². The Bertz CT molecular complexity index is 84.1. The molecule has 0 aliphatic carbocycles. The summed E-state index contributed by atoms with van der Waals surface area (Å²) in [6.45, 7) is 5.50. The maximum Gasteiger partial charge on any atom is 0.0806 e. The molecule has 0 aromatic heterocycles. The first-order valence-corrected chi connectivity index (χ1v) is 5.57. The molecule has 1 fully saturated rings. The molecular weight excluding hydrogens is 164 g/mol. The number of aliphatic hydroxyl groups is 1. The van der Waals surface area contributed by atoms with Crippen molar-refractivity contribution in [2.45, 2.75) is 58.5 Å². The van der Waals surface area contributed by atoms with E-state index in [0.717, 1.165) is 19.4 Å². The Balaban J connectivity index is 0.000000226. The average Bonchev–Trinajstić information content (AvgIpc) is 2.68. The van der Waals surface area contributed by atoms with Crippen LogP contribution in [0.2, 0.25) is 0 Å². The van der Waals surface area contributed by atoms with Gasteiger partial charge >= 0.3 is 0 Å². The van der Waals surface area contributed by atoms with Crippen LogP contribution in [-0.2, 0) is 4.74 Å². The number of unbranched alkanes of at least 4 members (excludes halogenated alkanes) is 3. The topological polar surface area (TPSA) is 29.5 Å². The minimum absolute atomic E-state index is 0.153. The zero-order valence-corrected chi connectivity index (χ0v) is 9.09. The molecule has 1 aliphatic rings. The van der Waals surface area contributed by atoms with Crippen LogP contribution < -0.4 is 0 Å². The fraction of sp³-hybridized carbons (Fsp3) is 1.00. The van der Waals surface area contributed by atoms with Crippen LogP contribution in [0.25, 0.3) is 0 Å². The Labute approximate surface area is 82.3 Å². The summed E-state index contributed by atoms with van der Waals surface area (Å²) in [7, 11) is 0. The van der Waals surface area contributed by atoms with Crippen molar-refractivity contribution in [2.75, 3.05) is 13.2 Å². The molecule has 80 valence electrons. The quantitative estimate of drug-likeness (QED) is 0.687. The largest absolute Gasteiger partial charge is 0.394 e. The number of hydrogen-bond acceptors (Lipinski definition) is 2. The Morgan fingerprint density at radius 1 is 1.23 bits per heavy atom. The van der Waals surface area contributed by atoms with E-state index in [1.165, 1.54) is 25.7 Å². The van der Waals surface area contributed by atoms with Crippen LogP contribution in [0.1, 0.15) is 52.4 Å². The summed E-state index contributed by atoms with van der Waals surface area (Å²) in [5.74, 6) is 0. The molecule has 1 atom stereocenters. The van der Waals surface area contributed by atoms with Gasteiger partial charge in [-0.05, 0) is 12.8 Å². The van der Waals surface area contributed by atoms with Gasteiger partial charge in [0.2, 0.25) is 0 Å². The van der Waals surface area contributed by atoms with Crippen molar-refractivity contribution in [3.05, 3.63) is 0 Å². The molecule has 1 N–H and O–H groups in total. The highest BCUT2D eigenvalue weighted by Gasteiger charge is 2.12. The van der Waals surface area contributed by atoms with Gasteiger partial charge in [0.15, 0.2) is 0 Å². The monoisotopic (exact) mass is 188 g/mol. The van der Waals surface area contributed by atoms with E-state index in [0.29, 0.717) is 0 Å². The first-order valence-electron chi connectivity index (χ1n) is 5.57. The normalized spacial score (nSPS) is 21.0. The fourth-order valence-corrected chi connectivity index (χ4v) is 1.29. The zero-order valence-electron chi connectivity index (χ0n) is 9.09. The molecule has 1 saturated heterocycles. The summed E-state index contributed by atoms with van der Waals surface area (Å²) in [6.07, 6.45) is 7.84. The Hall–Kier alpha value is -0.0800. The third-order valence-electron chi connectivity index (χ3n) is 2.18. The maximum atomic E-state index is 8.44. The van der Waals surface area contributed by atoms with E-state index in [-0.39, 0.29) is 12.7 Å². The lowest BCUT2D eigenvalue weighted by Crippen LogP contribution is -2.09. The average molecular weight is 188 g/mol. The summed E-state index contributed by atoms with van der Waals surface area (Å²) < 4.78 is 5.05. The molecule has 0 bridgehead atoms. The highest BCUT2D eigenvalue weighted by molar-refractivity contribution is 4.61. The van der Waals surface area contributed by atoms with Crippen LogP contribution in [0.5, 0.6) is 0 Å². The van der Waals surface area contributed by atoms with Crippen LogP contribution in [0.4, 0.5) is 0 Å². The van der Waals surface area contributed by atoms with Gasteiger partial charge in [-0.15, -0.1) is 0 Å². The SMILES string of the molecule is CCCCCC.OCC1CCCO1. The molecule has 0 aromatic carbocycles. The van der Waals surface area contributed by atoms with Gasteiger partial charge < -0.3 is 9.84 Å². The lowest BCUT2D eigenvalue weighted by molar-refractivity contribution is 0.0591. The van der Waals surface area contributed by atoms with Crippen LogP contribution >= 0.6 is 0 Å². The van der Waals surface area contributed by atoms with Gasteiger partial charge in [-0.1, -0.05) is 39.5 Å². The summed E-state index contributed by atoms with van der Waals surface area (Å²) in [6, 6.07) is 0. The highest BCUT2D eigenvalue weighted by atomic mass is 16.5. The first-order chi connectivity index (χ1) is 6.35. The molecule has 0 radical (unpaired) electrons. The lowest BCUT2D eigenvalue weighted by atomic mass is 10.2. The minimum atomic E-state index is 0.153. The standard InChI is InChI=1S/C6H14.C5H10O2/c1-3-5-6-4-2;6-4-5-2-1-3-7-5/h3-6H2,1-2H3;5-6H,1-4H2. The van der Waals surface area contributed by atoms with E-state index in [1.807, 2.05) is 0 Å². The Kier molecular flexibility index (Phi) is 9.94. The second-order valence-electron chi connectivity index (χ2n) is 3.52. The summed E-state index contributed by atoms with van der Waals surface area (Å²) in [5, 5.41) is 8.44. The fourth-order valence-electron chi connectivity index (χ4n) is 1.29. The number of hydrogen-bond donors (Lipinski definition) is 1. The first kappa shape index (κ1) is 12.9. The number of rotatable bonds is 4. The third-order valence-corrected chi connectivity index (χ3v) is 2.18. The smallest absolute Gasteiger partial charge is 0.0806 e. The maximum absolute atomic E-state index is 8.44. The zero-order chi connectivity index (χ0) is 9.94. The number of ether oxygens (including phenoxy) is 1. The van der Waals surface area contributed by atoms with Gasteiger partial charge in [0, 0.05) is 6.61 Å². The van der Waals surface area contributed by atoms with E-state index < -0.39 is 0 Å². The van der Waals surface area contributed by atoms with E-state index in [2.05, 4.69) is 13.8 Å². The molecule has 1 rings (SSSR count). The predicted octanol–water partition coefficient (Wildman–Crippen LogP) is 2.74. The Morgan fingerprint density at radius 2 is 1.85 bits per heavy atom. The predicted molar refractivity (Wildman–Crippen MR) is 55.9 cm³/mol. The van der Waals surface area contributed by atoms with E-state index in [9.17, 15) is 0 Å². The highest BCUT2D eigenvalue weighted by Crippen LogP contribution is 2.09. The summed E-state index contributed by atoms with van der Waals surface area (Å²) >= 11 is 0. The summed E-state index contributed by atoms with van der Waals surface area (Å²) in [5.41, 5.74) is 0. The molecule has 2 nitrogen and oxygen atoms in total. The second kappa shape index (κ2) is 10.0. The van der Waals surface area contributed by atoms with Crippen LogP contribution in [0, 0.1) is 0 Å². The van der Waals surface area contributed by atoms with Gasteiger partial charge in [0.25, 0.3) is 0 Å². The molecule has 1 heterocycles. The van der Waals surface area contributed by atoms with E-state index in [1.54, 1.807) is 0 Å². The van der Waals surface area contributed by atoms with Gasteiger partial charge in [0.05, 0.1) is 12.7 Å². The van der Waals surface area contributed by atoms with Crippen molar-refractivity contribution in [3.63, 3.8) is 0 Å². The second-order valence-corrected chi connectivity index (χ2v) is 3.52. The van der Waals surface area contributed by atoms with Crippen molar-refractivity contribution < 1.29 is 9.84 Å². The third kappa shape index (κ3) is 8.26. The van der Waals surface area contributed by atoms with Gasteiger partial charge in [-0.25, -0.2) is 0 Å². The van der Waals surface area contributed by atoms with Gasteiger partial charge in [0.1, 0.15) is 0 Å². The molecule has 0 aromatic rings. The van der Waals surface area contributed by atoms with Crippen LogP contribution in [0.3, 0.4) is 0 Å². The van der Waals surface area contributed by atoms with Crippen molar-refractivity contribution in [1.29, 1.82) is 0 Å². The van der Waals surface area contributed by atoms with Crippen molar-refractivity contribution in [1.82, 2.24) is 0 Å². The van der Waals surface area contributed by atoms with Crippen molar-refractivity contribution in [3.8, 4) is 0 Å². The molecule has 1 unspecified atom stereocenters. The Morgan fingerprint density at radius 3 is 2.08 bits per heavy atom. The van der Waals surface area contributed by atoms with E-state index >= 15 is 0 Å². The lowest BCUT2D eigenvalue weighted by Gasteiger charge is -2.00. The summed E-state index contributed by atoms with van der Waals surface area (Å²) in [4.78, 5) is 0. The molecule has 13 heavy (non-hydrogen) atoms. The molecular formula is C11H24O2. The molecule has 1 aliphatic heterocycles. The molecule has 0 amide bonds.